The summed E-state index contributed by atoms with van der Waals surface area (Å²) in [5.41, 5.74) is 5.60. The Bertz CT molecular complexity index is 352. The normalized spacial score (nSPS) is 18.8. The zero-order valence-electron chi connectivity index (χ0n) is 10.9. The van der Waals surface area contributed by atoms with E-state index in [-0.39, 0.29) is 0 Å². The maximum absolute atomic E-state index is 5.60. The van der Waals surface area contributed by atoms with Crippen molar-refractivity contribution in [3.05, 3.63) is 11.6 Å². The Labute approximate surface area is 103 Å². The second-order valence-corrected chi connectivity index (χ2v) is 5.02. The molecule has 0 radical (unpaired) electrons. The van der Waals surface area contributed by atoms with Crippen molar-refractivity contribution in [1.82, 2.24) is 19.7 Å². The molecule has 0 atom stereocenters. The molecule has 1 aliphatic rings. The molecule has 2 heterocycles. The van der Waals surface area contributed by atoms with Crippen LogP contribution in [0.4, 0.5) is 0 Å². The molecule has 2 rings (SSSR count). The van der Waals surface area contributed by atoms with Gasteiger partial charge in [0.15, 0.2) is 0 Å². The van der Waals surface area contributed by atoms with Crippen molar-refractivity contribution in [2.45, 2.75) is 32.7 Å². The number of piperidine rings is 1. The summed E-state index contributed by atoms with van der Waals surface area (Å²) in [6.45, 7) is 6.07. The molecular weight excluding hydrogens is 214 g/mol. The van der Waals surface area contributed by atoms with Crippen LogP contribution in [0, 0.1) is 12.8 Å². The van der Waals surface area contributed by atoms with Gasteiger partial charge in [-0.25, -0.2) is 0 Å². The first-order valence-electron chi connectivity index (χ1n) is 6.48. The van der Waals surface area contributed by atoms with E-state index in [1.54, 1.807) is 0 Å². The predicted molar refractivity (Wildman–Crippen MR) is 67.4 cm³/mol. The first-order valence-corrected chi connectivity index (χ1v) is 6.48. The fourth-order valence-corrected chi connectivity index (χ4v) is 2.46. The molecule has 1 aliphatic heterocycles. The molecule has 0 amide bonds. The van der Waals surface area contributed by atoms with Crippen molar-refractivity contribution in [3.8, 4) is 0 Å². The molecule has 0 bridgehead atoms. The van der Waals surface area contributed by atoms with Gasteiger partial charge < -0.3 is 10.3 Å². The van der Waals surface area contributed by atoms with Crippen LogP contribution in [-0.4, -0.2) is 39.3 Å². The van der Waals surface area contributed by atoms with Gasteiger partial charge >= 0.3 is 0 Å². The Hall–Kier alpha value is -0.940. The summed E-state index contributed by atoms with van der Waals surface area (Å²) in [5, 5.41) is 8.31. The lowest BCUT2D eigenvalue weighted by Crippen LogP contribution is -2.34. The Morgan fingerprint density at radius 3 is 2.53 bits per heavy atom. The van der Waals surface area contributed by atoms with E-state index in [1.165, 1.54) is 19.3 Å². The summed E-state index contributed by atoms with van der Waals surface area (Å²) in [7, 11) is 2.03. The largest absolute Gasteiger partial charge is 0.330 e. The molecule has 1 saturated heterocycles. The number of hydrogen-bond donors (Lipinski definition) is 1. The third-order valence-corrected chi connectivity index (χ3v) is 3.83. The first-order chi connectivity index (χ1) is 8.20. The van der Waals surface area contributed by atoms with Gasteiger partial charge in [-0.15, -0.1) is 10.2 Å². The van der Waals surface area contributed by atoms with Gasteiger partial charge in [0, 0.05) is 7.05 Å². The highest BCUT2D eigenvalue weighted by Crippen LogP contribution is 2.20. The van der Waals surface area contributed by atoms with Crippen LogP contribution in [0.2, 0.25) is 0 Å². The van der Waals surface area contributed by atoms with E-state index in [2.05, 4.69) is 19.7 Å². The third kappa shape index (κ3) is 3.04. The lowest BCUT2D eigenvalue weighted by atomic mass is 9.94. The van der Waals surface area contributed by atoms with E-state index in [4.69, 9.17) is 5.73 Å². The van der Waals surface area contributed by atoms with Crippen molar-refractivity contribution < 1.29 is 0 Å². The van der Waals surface area contributed by atoms with Crippen molar-refractivity contribution in [2.24, 2.45) is 18.7 Å². The zero-order chi connectivity index (χ0) is 12.3. The lowest BCUT2D eigenvalue weighted by Gasteiger charge is -2.31. The summed E-state index contributed by atoms with van der Waals surface area (Å²) >= 11 is 0. The van der Waals surface area contributed by atoms with Crippen LogP contribution in [0.3, 0.4) is 0 Å². The maximum Gasteiger partial charge on any atom is 0.146 e. The van der Waals surface area contributed by atoms with Crippen molar-refractivity contribution in [2.75, 3.05) is 19.6 Å². The van der Waals surface area contributed by atoms with Crippen LogP contribution < -0.4 is 5.73 Å². The highest BCUT2D eigenvalue weighted by Gasteiger charge is 2.20. The number of nitrogens with two attached hydrogens (primary N) is 1. The van der Waals surface area contributed by atoms with Gasteiger partial charge in [-0.2, -0.15) is 0 Å². The fraction of sp³-hybridized carbons (Fsp3) is 0.833. The smallest absolute Gasteiger partial charge is 0.146 e. The Kier molecular flexibility index (Phi) is 4.12. The highest BCUT2D eigenvalue weighted by atomic mass is 15.3. The quantitative estimate of drug-likeness (QED) is 0.837. The third-order valence-electron chi connectivity index (χ3n) is 3.83. The summed E-state index contributed by atoms with van der Waals surface area (Å²) in [6, 6.07) is 0. The molecule has 0 aromatic carbocycles. The number of rotatable bonds is 4. The number of nitrogens with zero attached hydrogens (tertiary/aromatic N) is 4. The van der Waals surface area contributed by atoms with Gasteiger partial charge in [-0.1, -0.05) is 0 Å². The zero-order valence-corrected chi connectivity index (χ0v) is 10.9. The van der Waals surface area contributed by atoms with Gasteiger partial charge in [-0.05, 0) is 51.7 Å². The van der Waals surface area contributed by atoms with Crippen LogP contribution in [0.15, 0.2) is 0 Å². The van der Waals surface area contributed by atoms with Gasteiger partial charge in [0.25, 0.3) is 0 Å². The Morgan fingerprint density at radius 2 is 2.00 bits per heavy atom. The molecule has 0 aliphatic carbocycles. The summed E-state index contributed by atoms with van der Waals surface area (Å²) in [6.07, 6.45) is 3.72. The molecule has 1 fully saturated rings. The summed E-state index contributed by atoms with van der Waals surface area (Å²) in [5.74, 6) is 2.88. The molecule has 0 saturated carbocycles. The number of hydrogen-bond acceptors (Lipinski definition) is 4. The molecule has 5 heteroatoms. The van der Waals surface area contributed by atoms with Crippen LogP contribution in [0.25, 0.3) is 0 Å². The van der Waals surface area contributed by atoms with Crippen LogP contribution >= 0.6 is 0 Å². The van der Waals surface area contributed by atoms with Gasteiger partial charge in [0.05, 0.1) is 6.54 Å². The van der Waals surface area contributed by atoms with E-state index >= 15 is 0 Å². The second-order valence-electron chi connectivity index (χ2n) is 5.02. The van der Waals surface area contributed by atoms with E-state index in [1.807, 2.05) is 14.0 Å². The fourth-order valence-electron chi connectivity index (χ4n) is 2.46. The minimum absolute atomic E-state index is 0.827. The van der Waals surface area contributed by atoms with Gasteiger partial charge in [0.2, 0.25) is 0 Å². The molecule has 2 N–H and O–H groups in total. The number of aromatic nitrogens is 3. The van der Waals surface area contributed by atoms with E-state index in [9.17, 15) is 0 Å². The topological polar surface area (TPSA) is 60.0 Å². The monoisotopic (exact) mass is 237 g/mol. The average molecular weight is 237 g/mol. The first kappa shape index (κ1) is 12.5. The van der Waals surface area contributed by atoms with Crippen molar-refractivity contribution in [3.63, 3.8) is 0 Å². The van der Waals surface area contributed by atoms with Crippen LogP contribution in [0.1, 0.15) is 30.9 Å². The highest BCUT2D eigenvalue weighted by molar-refractivity contribution is 4.93. The van der Waals surface area contributed by atoms with E-state index in [0.717, 1.165) is 43.7 Å². The predicted octanol–water partition coefficient (Wildman–Crippen LogP) is 0.684. The molecule has 17 heavy (non-hydrogen) atoms. The molecule has 5 nitrogen and oxygen atoms in total. The minimum atomic E-state index is 0.827. The molecule has 1 aromatic heterocycles. The van der Waals surface area contributed by atoms with Crippen LogP contribution in [0.5, 0.6) is 0 Å². The molecular formula is C12H23N5. The van der Waals surface area contributed by atoms with Gasteiger partial charge in [0.1, 0.15) is 11.6 Å². The molecule has 1 aromatic rings. The van der Waals surface area contributed by atoms with Crippen molar-refractivity contribution >= 4 is 0 Å². The SMILES string of the molecule is Cc1nnc(CN2CCC(CCN)CC2)n1C. The van der Waals surface area contributed by atoms with Gasteiger partial charge in [-0.3, -0.25) is 4.90 Å². The Balaban J connectivity index is 1.84. The van der Waals surface area contributed by atoms with E-state index < -0.39 is 0 Å². The summed E-state index contributed by atoms with van der Waals surface area (Å²) in [4.78, 5) is 2.47. The number of likely N-dealkylation sites (tertiary alicyclic amines) is 1. The Morgan fingerprint density at radius 1 is 1.29 bits per heavy atom. The molecule has 0 spiro atoms. The summed E-state index contributed by atoms with van der Waals surface area (Å²) < 4.78 is 2.08. The van der Waals surface area contributed by atoms with Crippen LogP contribution in [-0.2, 0) is 13.6 Å². The van der Waals surface area contributed by atoms with E-state index in [0.29, 0.717) is 0 Å². The molecule has 96 valence electrons. The average Bonchev–Trinajstić information content (AvgIpc) is 2.64. The number of aryl methyl sites for hydroxylation is 1. The minimum Gasteiger partial charge on any atom is -0.330 e. The maximum atomic E-state index is 5.60. The standard InChI is InChI=1S/C12H23N5/c1-10-14-15-12(16(10)2)9-17-7-4-11(3-6-13)5-8-17/h11H,3-9,13H2,1-2H3. The lowest BCUT2D eigenvalue weighted by molar-refractivity contribution is 0.168. The van der Waals surface area contributed by atoms with Crippen molar-refractivity contribution in [1.29, 1.82) is 0 Å². The second kappa shape index (κ2) is 5.60. The molecule has 0 unspecified atom stereocenters.